The third-order valence-electron chi connectivity index (χ3n) is 5.34. The predicted octanol–water partition coefficient (Wildman–Crippen LogP) is 5.73. The van der Waals surface area contributed by atoms with Crippen LogP contribution in [0.5, 0.6) is 0 Å². The van der Waals surface area contributed by atoms with E-state index in [0.29, 0.717) is 5.71 Å². The Morgan fingerprint density at radius 3 is 2.56 bits per heavy atom. The second-order valence-corrected chi connectivity index (χ2v) is 9.82. The standard InChI is InChI=1S/C24H28BrN3O4/c1-24(2,3)32-18(29)13-30-17-11-9-16(10-12-17)28-22-19-20(25)21(15-7-5-4-6-8-15)31-23(19)27-14-26-22/h4-8,14,16-17H,9-13H2,1-3H3,(H,26,27,28). The highest BCUT2D eigenvalue weighted by atomic mass is 79.9. The zero-order valence-electron chi connectivity index (χ0n) is 18.6. The van der Waals surface area contributed by atoms with E-state index in [9.17, 15) is 4.79 Å². The van der Waals surface area contributed by atoms with Crippen LogP contribution in [0.3, 0.4) is 0 Å². The minimum absolute atomic E-state index is 0.00318. The maximum Gasteiger partial charge on any atom is 0.332 e. The molecule has 170 valence electrons. The summed E-state index contributed by atoms with van der Waals surface area (Å²) < 4.78 is 18.0. The van der Waals surface area contributed by atoms with Crippen molar-refractivity contribution in [1.29, 1.82) is 0 Å². The third kappa shape index (κ3) is 5.48. The van der Waals surface area contributed by atoms with Crippen molar-refractivity contribution in [2.75, 3.05) is 11.9 Å². The van der Waals surface area contributed by atoms with Gasteiger partial charge in [0.15, 0.2) is 5.76 Å². The largest absolute Gasteiger partial charge is 0.458 e. The Hall–Kier alpha value is -2.45. The second-order valence-electron chi connectivity index (χ2n) is 9.03. The number of esters is 1. The summed E-state index contributed by atoms with van der Waals surface area (Å²) in [7, 11) is 0. The Morgan fingerprint density at radius 2 is 1.88 bits per heavy atom. The summed E-state index contributed by atoms with van der Waals surface area (Å²) in [6.45, 7) is 5.56. The average Bonchev–Trinajstić information content (AvgIpc) is 3.10. The Balaban J connectivity index is 1.38. The number of furan rings is 1. The number of carbonyl (C=O) groups excluding carboxylic acids is 1. The number of ether oxygens (including phenoxy) is 2. The van der Waals surface area contributed by atoms with Gasteiger partial charge in [0.2, 0.25) is 5.71 Å². The lowest BCUT2D eigenvalue weighted by atomic mass is 9.93. The molecule has 0 bridgehead atoms. The van der Waals surface area contributed by atoms with Gasteiger partial charge in [0.1, 0.15) is 24.4 Å². The maximum atomic E-state index is 11.9. The number of nitrogens with zero attached hydrogens (tertiary/aromatic N) is 2. The van der Waals surface area contributed by atoms with Crippen molar-refractivity contribution in [1.82, 2.24) is 9.97 Å². The minimum Gasteiger partial charge on any atom is -0.458 e. The van der Waals surface area contributed by atoms with Crippen LogP contribution in [0.2, 0.25) is 0 Å². The van der Waals surface area contributed by atoms with Gasteiger partial charge in [-0.05, 0) is 62.4 Å². The molecule has 3 aromatic rings. The van der Waals surface area contributed by atoms with E-state index in [1.54, 1.807) is 0 Å². The molecule has 0 unspecified atom stereocenters. The maximum absolute atomic E-state index is 11.9. The molecular weight excluding hydrogens is 474 g/mol. The van der Waals surface area contributed by atoms with Crippen molar-refractivity contribution in [3.05, 3.63) is 41.1 Å². The van der Waals surface area contributed by atoms with Crippen molar-refractivity contribution in [3.63, 3.8) is 0 Å². The Labute approximate surface area is 196 Å². The summed E-state index contributed by atoms with van der Waals surface area (Å²) >= 11 is 3.69. The molecule has 4 rings (SSSR count). The Morgan fingerprint density at radius 1 is 1.16 bits per heavy atom. The summed E-state index contributed by atoms with van der Waals surface area (Å²) in [5.41, 5.74) is 1.03. The quantitative estimate of drug-likeness (QED) is 0.431. The summed E-state index contributed by atoms with van der Waals surface area (Å²) in [5, 5.41) is 4.40. The van der Waals surface area contributed by atoms with Crippen molar-refractivity contribution >= 4 is 38.8 Å². The predicted molar refractivity (Wildman–Crippen MR) is 126 cm³/mol. The number of benzene rings is 1. The second kappa shape index (κ2) is 9.58. The number of hydrogen-bond donors (Lipinski definition) is 1. The van der Waals surface area contributed by atoms with Crippen LogP contribution in [-0.2, 0) is 14.3 Å². The molecule has 0 spiro atoms. The first-order valence-corrected chi connectivity index (χ1v) is 11.7. The van der Waals surface area contributed by atoms with Gasteiger partial charge < -0.3 is 19.2 Å². The van der Waals surface area contributed by atoms with Gasteiger partial charge in [0.25, 0.3) is 0 Å². The fourth-order valence-corrected chi connectivity index (χ4v) is 4.58. The van der Waals surface area contributed by atoms with E-state index in [4.69, 9.17) is 13.9 Å². The van der Waals surface area contributed by atoms with E-state index >= 15 is 0 Å². The van der Waals surface area contributed by atoms with Crippen molar-refractivity contribution < 1.29 is 18.7 Å². The molecule has 1 aliphatic carbocycles. The van der Waals surface area contributed by atoms with Gasteiger partial charge in [-0.2, -0.15) is 0 Å². The molecule has 1 aliphatic rings. The lowest BCUT2D eigenvalue weighted by Gasteiger charge is -2.29. The van der Waals surface area contributed by atoms with Crippen LogP contribution in [-0.4, -0.2) is 40.3 Å². The van der Waals surface area contributed by atoms with Crippen LogP contribution >= 0.6 is 15.9 Å². The van der Waals surface area contributed by atoms with Crippen LogP contribution in [0.1, 0.15) is 46.5 Å². The normalized spacial score (nSPS) is 19.1. The summed E-state index contributed by atoms with van der Waals surface area (Å²) in [6, 6.07) is 10.2. The van der Waals surface area contributed by atoms with E-state index in [-0.39, 0.29) is 24.7 Å². The molecule has 0 atom stereocenters. The van der Waals surface area contributed by atoms with Gasteiger partial charge in [-0.15, -0.1) is 0 Å². The van der Waals surface area contributed by atoms with Gasteiger partial charge in [-0.1, -0.05) is 30.3 Å². The highest BCUT2D eigenvalue weighted by molar-refractivity contribution is 9.10. The monoisotopic (exact) mass is 501 g/mol. The molecular formula is C24H28BrN3O4. The average molecular weight is 502 g/mol. The summed E-state index contributed by atoms with van der Waals surface area (Å²) in [4.78, 5) is 20.7. The number of anilines is 1. The van der Waals surface area contributed by atoms with Gasteiger partial charge in [0.05, 0.1) is 16.0 Å². The van der Waals surface area contributed by atoms with Gasteiger partial charge in [-0.25, -0.2) is 14.8 Å². The molecule has 0 radical (unpaired) electrons. The number of halogens is 1. The van der Waals surface area contributed by atoms with E-state index < -0.39 is 5.60 Å². The fraction of sp³-hybridized carbons (Fsp3) is 0.458. The van der Waals surface area contributed by atoms with E-state index in [2.05, 4.69) is 31.2 Å². The van der Waals surface area contributed by atoms with Crippen molar-refractivity contribution in [2.24, 2.45) is 0 Å². The molecule has 1 fully saturated rings. The van der Waals surface area contributed by atoms with Crippen molar-refractivity contribution in [3.8, 4) is 11.3 Å². The third-order valence-corrected chi connectivity index (χ3v) is 6.09. The Bertz CT molecular complexity index is 1070. The van der Waals surface area contributed by atoms with E-state index in [0.717, 1.165) is 52.7 Å². The highest BCUT2D eigenvalue weighted by Gasteiger charge is 2.26. The lowest BCUT2D eigenvalue weighted by Crippen LogP contribution is -2.32. The molecule has 7 nitrogen and oxygen atoms in total. The molecule has 0 saturated heterocycles. The van der Waals surface area contributed by atoms with Gasteiger partial charge in [-0.3, -0.25) is 0 Å². The first-order valence-electron chi connectivity index (χ1n) is 10.9. The van der Waals surface area contributed by atoms with Crippen molar-refractivity contribution in [2.45, 2.75) is 64.2 Å². The molecule has 32 heavy (non-hydrogen) atoms. The summed E-state index contributed by atoms with van der Waals surface area (Å²) in [5.74, 6) is 1.18. The minimum atomic E-state index is -0.493. The molecule has 1 aromatic carbocycles. The van der Waals surface area contributed by atoms with Crippen LogP contribution < -0.4 is 5.32 Å². The lowest BCUT2D eigenvalue weighted by molar-refractivity contribution is -0.162. The molecule has 0 aliphatic heterocycles. The zero-order valence-corrected chi connectivity index (χ0v) is 20.1. The number of hydrogen-bond acceptors (Lipinski definition) is 7. The number of nitrogens with one attached hydrogen (secondary N) is 1. The smallest absolute Gasteiger partial charge is 0.332 e. The molecule has 2 heterocycles. The van der Waals surface area contributed by atoms with Gasteiger partial charge in [0, 0.05) is 11.6 Å². The van der Waals surface area contributed by atoms with E-state index in [1.165, 1.54) is 6.33 Å². The Kier molecular flexibility index (Phi) is 6.81. The molecule has 1 saturated carbocycles. The number of rotatable bonds is 6. The van der Waals surface area contributed by atoms with Crippen LogP contribution in [0.4, 0.5) is 5.82 Å². The molecule has 1 N–H and O–H groups in total. The first kappa shape index (κ1) is 22.7. The zero-order chi connectivity index (χ0) is 22.7. The van der Waals surface area contributed by atoms with Crippen LogP contribution in [0.25, 0.3) is 22.4 Å². The van der Waals surface area contributed by atoms with Crippen LogP contribution in [0.15, 0.2) is 45.5 Å². The van der Waals surface area contributed by atoms with Gasteiger partial charge >= 0.3 is 5.97 Å². The number of fused-ring (bicyclic) bond motifs is 1. The number of aromatic nitrogens is 2. The topological polar surface area (TPSA) is 86.5 Å². The first-order chi connectivity index (χ1) is 15.3. The fourth-order valence-electron chi connectivity index (χ4n) is 3.91. The molecule has 0 amide bonds. The van der Waals surface area contributed by atoms with Crippen LogP contribution in [0, 0.1) is 0 Å². The number of carbonyl (C=O) groups is 1. The molecule has 8 heteroatoms. The van der Waals surface area contributed by atoms with E-state index in [1.807, 2.05) is 51.1 Å². The highest BCUT2D eigenvalue weighted by Crippen LogP contribution is 2.40. The molecule has 2 aromatic heterocycles. The summed E-state index contributed by atoms with van der Waals surface area (Å²) in [6.07, 6.45) is 5.17. The SMILES string of the molecule is CC(C)(C)OC(=O)COC1CCC(Nc2ncnc3oc(-c4ccccc4)c(Br)c23)CC1.